The molecule has 0 aromatic heterocycles. The maximum Gasteiger partial charge on any atom is 0.131 e. The summed E-state index contributed by atoms with van der Waals surface area (Å²) in [4.78, 5) is 0. The first-order chi connectivity index (χ1) is 10.8. The molecule has 1 nitrogen and oxygen atoms in total. The molecular formula is C20H13ClO. The molecule has 3 aromatic rings. The number of rotatable bonds is 1. The number of halogens is 1. The summed E-state index contributed by atoms with van der Waals surface area (Å²) in [5, 5.41) is 10.5. The average Bonchev–Trinajstić information content (AvgIpc) is 2.55. The number of phenols is 1. The third-order valence-corrected chi connectivity index (χ3v) is 3.66. The van der Waals surface area contributed by atoms with Gasteiger partial charge < -0.3 is 5.11 Å². The maximum atomic E-state index is 9.80. The minimum Gasteiger partial charge on any atom is -0.507 e. The molecule has 0 aliphatic carbocycles. The van der Waals surface area contributed by atoms with Crippen molar-refractivity contribution >= 4 is 11.6 Å². The third kappa shape index (κ3) is 2.98. The molecule has 0 amide bonds. The van der Waals surface area contributed by atoms with Gasteiger partial charge in [0, 0.05) is 16.1 Å². The molecule has 0 aliphatic heterocycles. The predicted octanol–water partition coefficient (Wildman–Crippen LogP) is 5.11. The Balaban J connectivity index is 2.08. The molecule has 2 heteroatoms. The summed E-state index contributed by atoms with van der Waals surface area (Å²) in [6, 6.07) is 22.6. The van der Waals surface area contributed by atoms with Gasteiger partial charge in [0.1, 0.15) is 5.75 Å². The van der Waals surface area contributed by atoms with E-state index in [4.69, 9.17) is 11.6 Å². The van der Waals surface area contributed by atoms with Crippen LogP contribution in [0.3, 0.4) is 0 Å². The normalized spacial score (nSPS) is 9.86. The number of aromatic hydroxyl groups is 1. The lowest BCUT2D eigenvalue weighted by Gasteiger charge is -2.06. The zero-order valence-corrected chi connectivity index (χ0v) is 12.5. The van der Waals surface area contributed by atoms with Crippen molar-refractivity contribution in [3.8, 4) is 28.7 Å². The van der Waals surface area contributed by atoms with E-state index >= 15 is 0 Å². The number of hydrogen-bond donors (Lipinski definition) is 1. The minimum absolute atomic E-state index is 0.185. The first kappa shape index (κ1) is 14.3. The van der Waals surface area contributed by atoms with E-state index in [0.717, 1.165) is 16.7 Å². The number of phenolic OH excluding ortho intramolecular Hbond substituents is 1. The molecule has 3 rings (SSSR count). The fraction of sp³-hybridized carbons (Fsp3) is 0. The minimum atomic E-state index is 0.185. The van der Waals surface area contributed by atoms with Gasteiger partial charge in [-0.3, -0.25) is 0 Å². The molecule has 22 heavy (non-hydrogen) atoms. The fourth-order valence-electron chi connectivity index (χ4n) is 2.22. The largest absolute Gasteiger partial charge is 0.507 e. The van der Waals surface area contributed by atoms with Crippen molar-refractivity contribution in [1.29, 1.82) is 0 Å². The van der Waals surface area contributed by atoms with Crippen molar-refractivity contribution in [1.82, 2.24) is 0 Å². The first-order valence-corrected chi connectivity index (χ1v) is 7.27. The van der Waals surface area contributed by atoms with Gasteiger partial charge >= 0.3 is 0 Å². The summed E-state index contributed by atoms with van der Waals surface area (Å²) in [6.07, 6.45) is 0. The molecule has 0 aliphatic rings. The van der Waals surface area contributed by atoms with Crippen LogP contribution in [0.2, 0.25) is 5.02 Å². The molecule has 0 atom stereocenters. The Morgan fingerprint density at radius 3 is 1.91 bits per heavy atom. The molecule has 0 unspecified atom stereocenters. The average molecular weight is 305 g/mol. The van der Waals surface area contributed by atoms with Gasteiger partial charge in [-0.1, -0.05) is 72.0 Å². The SMILES string of the molecule is Oc1ccccc1C#Cc1ccccc1-c1ccccc1Cl. The van der Waals surface area contributed by atoms with Crippen LogP contribution >= 0.6 is 11.6 Å². The van der Waals surface area contributed by atoms with Crippen LogP contribution in [0.4, 0.5) is 0 Å². The number of para-hydroxylation sites is 1. The van der Waals surface area contributed by atoms with E-state index in [1.807, 2.05) is 54.6 Å². The second kappa shape index (κ2) is 6.39. The molecule has 0 spiro atoms. The van der Waals surface area contributed by atoms with E-state index in [2.05, 4.69) is 11.8 Å². The van der Waals surface area contributed by atoms with E-state index < -0.39 is 0 Å². The highest BCUT2D eigenvalue weighted by Crippen LogP contribution is 2.29. The highest BCUT2D eigenvalue weighted by atomic mass is 35.5. The van der Waals surface area contributed by atoms with Gasteiger partial charge in [0.05, 0.1) is 5.56 Å². The van der Waals surface area contributed by atoms with Crippen LogP contribution in [0.15, 0.2) is 72.8 Å². The van der Waals surface area contributed by atoms with Crippen LogP contribution in [0.25, 0.3) is 11.1 Å². The van der Waals surface area contributed by atoms with Gasteiger partial charge in [-0.15, -0.1) is 0 Å². The van der Waals surface area contributed by atoms with Crippen molar-refractivity contribution in [3.63, 3.8) is 0 Å². The van der Waals surface area contributed by atoms with E-state index in [0.29, 0.717) is 10.6 Å². The molecule has 0 fully saturated rings. The second-order valence-electron chi connectivity index (χ2n) is 4.79. The Hall–Kier alpha value is -2.69. The summed E-state index contributed by atoms with van der Waals surface area (Å²) in [5.41, 5.74) is 3.41. The Morgan fingerprint density at radius 1 is 0.636 bits per heavy atom. The van der Waals surface area contributed by atoms with E-state index in [9.17, 15) is 5.11 Å². The van der Waals surface area contributed by atoms with E-state index in [-0.39, 0.29) is 5.75 Å². The maximum absolute atomic E-state index is 9.80. The standard InChI is InChI=1S/C20H13ClO/c21-19-11-5-4-10-18(19)17-9-3-1-7-15(17)13-14-16-8-2-6-12-20(16)22/h1-12,22H. The molecule has 0 saturated heterocycles. The van der Waals surface area contributed by atoms with Crippen molar-refractivity contribution in [2.75, 3.05) is 0 Å². The zero-order valence-electron chi connectivity index (χ0n) is 11.8. The molecule has 106 valence electrons. The summed E-state index contributed by atoms with van der Waals surface area (Å²) in [6.45, 7) is 0. The van der Waals surface area contributed by atoms with Crippen LogP contribution in [0.5, 0.6) is 5.75 Å². The molecule has 3 aromatic carbocycles. The lowest BCUT2D eigenvalue weighted by atomic mass is 9.99. The van der Waals surface area contributed by atoms with E-state index in [1.165, 1.54) is 0 Å². The van der Waals surface area contributed by atoms with Crippen LogP contribution in [0, 0.1) is 11.8 Å². The van der Waals surface area contributed by atoms with E-state index in [1.54, 1.807) is 18.2 Å². The van der Waals surface area contributed by atoms with Crippen LogP contribution in [-0.2, 0) is 0 Å². The first-order valence-electron chi connectivity index (χ1n) is 6.89. The van der Waals surface area contributed by atoms with Gasteiger partial charge in [0.15, 0.2) is 0 Å². The van der Waals surface area contributed by atoms with Gasteiger partial charge in [0.2, 0.25) is 0 Å². The van der Waals surface area contributed by atoms with Crippen molar-refractivity contribution in [2.45, 2.75) is 0 Å². The summed E-state index contributed by atoms with van der Waals surface area (Å²) >= 11 is 6.28. The molecule has 1 N–H and O–H groups in total. The van der Waals surface area contributed by atoms with Crippen LogP contribution in [0.1, 0.15) is 11.1 Å². The molecule has 0 bridgehead atoms. The predicted molar refractivity (Wildman–Crippen MR) is 91.0 cm³/mol. The topological polar surface area (TPSA) is 20.2 Å². The molecule has 0 radical (unpaired) electrons. The Kier molecular flexibility index (Phi) is 4.14. The lowest BCUT2D eigenvalue weighted by Crippen LogP contribution is -1.85. The molecule has 0 heterocycles. The monoisotopic (exact) mass is 304 g/mol. The number of benzene rings is 3. The van der Waals surface area contributed by atoms with Gasteiger partial charge in [0.25, 0.3) is 0 Å². The highest BCUT2D eigenvalue weighted by molar-refractivity contribution is 6.33. The third-order valence-electron chi connectivity index (χ3n) is 3.33. The Morgan fingerprint density at radius 2 is 1.18 bits per heavy atom. The zero-order chi connectivity index (χ0) is 15.4. The second-order valence-corrected chi connectivity index (χ2v) is 5.20. The Bertz CT molecular complexity index is 872. The highest BCUT2D eigenvalue weighted by Gasteiger charge is 2.06. The fourth-order valence-corrected chi connectivity index (χ4v) is 2.46. The summed E-state index contributed by atoms with van der Waals surface area (Å²) < 4.78 is 0. The quantitative estimate of drug-likeness (QED) is 0.619. The smallest absolute Gasteiger partial charge is 0.131 e. The Labute approximate surface area is 134 Å². The lowest BCUT2D eigenvalue weighted by molar-refractivity contribution is 0.473. The summed E-state index contributed by atoms with van der Waals surface area (Å²) in [7, 11) is 0. The van der Waals surface area contributed by atoms with Crippen LogP contribution in [-0.4, -0.2) is 5.11 Å². The summed E-state index contributed by atoms with van der Waals surface area (Å²) in [5.74, 6) is 6.33. The van der Waals surface area contributed by atoms with Gasteiger partial charge in [-0.25, -0.2) is 0 Å². The van der Waals surface area contributed by atoms with Crippen molar-refractivity contribution < 1.29 is 5.11 Å². The molecule has 0 saturated carbocycles. The van der Waals surface area contributed by atoms with Gasteiger partial charge in [-0.2, -0.15) is 0 Å². The van der Waals surface area contributed by atoms with Gasteiger partial charge in [-0.05, 0) is 29.8 Å². The molecular weight excluding hydrogens is 292 g/mol. The van der Waals surface area contributed by atoms with Crippen LogP contribution < -0.4 is 0 Å². The number of hydrogen-bond acceptors (Lipinski definition) is 1. The van der Waals surface area contributed by atoms with Crippen molar-refractivity contribution in [2.24, 2.45) is 0 Å². The van der Waals surface area contributed by atoms with Crippen molar-refractivity contribution in [3.05, 3.63) is 88.9 Å².